The first-order valence-corrected chi connectivity index (χ1v) is 10.5. The third-order valence-corrected chi connectivity index (χ3v) is 6.01. The Balaban J connectivity index is 0.00000204. The van der Waals surface area contributed by atoms with E-state index in [1.807, 2.05) is 5.32 Å². The van der Waals surface area contributed by atoms with Crippen LogP contribution in [0.3, 0.4) is 0 Å². The highest BCUT2D eigenvalue weighted by molar-refractivity contribution is 6.31. The number of nitrogens with zero attached hydrogens (tertiary/aromatic N) is 3. The number of carbonyl (C=O) groups is 1. The van der Waals surface area contributed by atoms with Crippen molar-refractivity contribution in [2.75, 3.05) is 6.54 Å². The molecule has 0 spiro atoms. The number of aromatic nitrogens is 4. The molecule has 2 N–H and O–H groups in total. The molecule has 174 valence electrons. The molecule has 1 amide bonds. The molecule has 1 fully saturated rings. The number of aromatic amines is 1. The van der Waals surface area contributed by atoms with Crippen molar-refractivity contribution < 1.29 is 25.2 Å². The zero-order valence-electron chi connectivity index (χ0n) is 16.9. The molecule has 3 aromatic rings. The van der Waals surface area contributed by atoms with Crippen molar-refractivity contribution in [3.05, 3.63) is 41.2 Å². The lowest BCUT2D eigenvalue weighted by Gasteiger charge is -2.36. The van der Waals surface area contributed by atoms with Gasteiger partial charge in [-0.3, -0.25) is 4.79 Å². The number of pyridine rings is 1. The highest BCUT2D eigenvalue weighted by Gasteiger charge is 2.42. The molecule has 3 heterocycles. The number of hydrogen-bond donors (Lipinski definition) is 2. The summed E-state index contributed by atoms with van der Waals surface area (Å²) in [7, 11) is 0. The van der Waals surface area contributed by atoms with Crippen molar-refractivity contribution in [2.24, 2.45) is 5.41 Å². The lowest BCUT2D eigenvalue weighted by Crippen LogP contribution is -2.47. The summed E-state index contributed by atoms with van der Waals surface area (Å²) in [4.78, 5) is 28.4. The number of halogens is 5. The van der Waals surface area contributed by atoms with E-state index in [1.54, 1.807) is 12.3 Å². The Labute approximate surface area is 188 Å². The minimum atomic E-state index is -4.52. The summed E-state index contributed by atoms with van der Waals surface area (Å²) in [5.41, 5.74) is -0.0610. The molecule has 1 aliphatic carbocycles. The Morgan fingerprint density at radius 3 is 2.69 bits per heavy atom. The fraction of sp³-hybridized carbons (Fsp3) is 0.429. The van der Waals surface area contributed by atoms with Crippen LogP contribution in [-0.4, -0.2) is 38.6 Å². The van der Waals surface area contributed by atoms with Crippen LogP contribution in [0.15, 0.2) is 24.7 Å². The summed E-state index contributed by atoms with van der Waals surface area (Å²) in [5, 5.41) is 3.04. The summed E-state index contributed by atoms with van der Waals surface area (Å²) >= 11 is 6.03. The van der Waals surface area contributed by atoms with E-state index in [-0.39, 0.29) is 20.8 Å². The topological polar surface area (TPSA) is 83.6 Å². The molecule has 6 nitrogen and oxygen atoms in total. The zero-order chi connectivity index (χ0) is 22.9. The van der Waals surface area contributed by atoms with E-state index in [4.69, 9.17) is 11.6 Å². The molecule has 0 bridgehead atoms. The number of rotatable bonds is 5. The lowest BCUT2D eigenvalue weighted by molar-refractivity contribution is -0.146. The Kier molecular flexibility index (Phi) is 6.07. The molecule has 0 atom stereocenters. The molecule has 0 radical (unpaired) electrons. The maximum atomic E-state index is 14.7. The second-order valence-corrected chi connectivity index (χ2v) is 8.49. The van der Waals surface area contributed by atoms with Crippen molar-refractivity contribution in [2.45, 2.75) is 44.7 Å². The summed E-state index contributed by atoms with van der Waals surface area (Å²) in [6, 6.07) is 1.68. The molecule has 3 aromatic heterocycles. The van der Waals surface area contributed by atoms with Gasteiger partial charge in [0.2, 0.25) is 5.91 Å². The molecule has 11 heteroatoms. The van der Waals surface area contributed by atoms with Gasteiger partial charge in [-0.2, -0.15) is 13.2 Å². The minimum absolute atomic E-state index is 0. The van der Waals surface area contributed by atoms with Gasteiger partial charge in [-0.1, -0.05) is 30.9 Å². The number of nitrogens with one attached hydrogen (secondary N) is 2. The molecule has 1 saturated carbocycles. The lowest BCUT2D eigenvalue weighted by atomic mass is 9.70. The third-order valence-electron chi connectivity index (χ3n) is 5.80. The number of carbonyl (C=O) groups excluding carboxylic acids is 1. The van der Waals surface area contributed by atoms with E-state index in [9.17, 15) is 22.4 Å². The maximum Gasteiger partial charge on any atom is 0.405 e. The van der Waals surface area contributed by atoms with Gasteiger partial charge in [-0.05, 0) is 18.9 Å². The van der Waals surface area contributed by atoms with Crippen LogP contribution < -0.4 is 5.32 Å². The monoisotopic (exact) mass is 473 g/mol. The molecule has 32 heavy (non-hydrogen) atoms. The number of amides is 1. The minimum Gasteiger partial charge on any atom is -0.346 e. The van der Waals surface area contributed by atoms with Gasteiger partial charge in [-0.15, -0.1) is 0 Å². The second kappa shape index (κ2) is 8.65. The van der Waals surface area contributed by atoms with Crippen molar-refractivity contribution in [1.82, 2.24) is 25.3 Å². The van der Waals surface area contributed by atoms with E-state index in [1.165, 1.54) is 6.20 Å². The van der Waals surface area contributed by atoms with Gasteiger partial charge >= 0.3 is 6.18 Å². The number of alkyl halides is 3. The molecule has 0 aromatic carbocycles. The Morgan fingerprint density at radius 1 is 1.22 bits per heavy atom. The van der Waals surface area contributed by atoms with E-state index < -0.39 is 29.9 Å². The van der Waals surface area contributed by atoms with Crippen LogP contribution in [-0.2, 0) is 11.2 Å². The number of hydrogen-bond acceptors (Lipinski definition) is 4. The number of fused-ring (bicyclic) bond motifs is 1. The van der Waals surface area contributed by atoms with Gasteiger partial charge in [0.05, 0.1) is 22.3 Å². The highest BCUT2D eigenvalue weighted by Crippen LogP contribution is 2.40. The first-order chi connectivity index (χ1) is 15.2. The van der Waals surface area contributed by atoms with Crippen LogP contribution in [0.4, 0.5) is 17.6 Å². The number of H-pyrrole nitrogens is 1. The smallest absolute Gasteiger partial charge is 0.346 e. The molecular weight excluding hydrogens is 450 g/mol. The van der Waals surface area contributed by atoms with Crippen molar-refractivity contribution in [1.29, 1.82) is 0 Å². The van der Waals surface area contributed by atoms with Crippen molar-refractivity contribution in [3.8, 4) is 11.4 Å². The van der Waals surface area contributed by atoms with Gasteiger partial charge in [0.1, 0.15) is 12.2 Å². The van der Waals surface area contributed by atoms with Crippen LogP contribution in [0.2, 0.25) is 5.02 Å². The molecular formula is C21H24ClF4N5O. The standard InChI is InChI=1S/C21H20ClF4N5O.2H2/c22-12-6-13-14(9-28-17(13)27-8-12)18-29-10-15(23)16(31-18)7-20(4-2-1-3-5-20)19(32)30-11-21(24,25)26;;/h6,8-10H,1-5,7,11H2,(H,27,28)(H,30,32);2*1H. The van der Waals surface area contributed by atoms with Crippen molar-refractivity contribution >= 4 is 28.5 Å². The predicted molar refractivity (Wildman–Crippen MR) is 115 cm³/mol. The van der Waals surface area contributed by atoms with Crippen molar-refractivity contribution in [3.63, 3.8) is 0 Å². The van der Waals surface area contributed by atoms with Gasteiger partial charge in [0, 0.05) is 32.6 Å². The molecule has 0 aliphatic heterocycles. The fourth-order valence-corrected chi connectivity index (χ4v) is 4.38. The summed E-state index contributed by atoms with van der Waals surface area (Å²) < 4.78 is 52.6. The van der Waals surface area contributed by atoms with Crippen LogP contribution in [0.25, 0.3) is 22.4 Å². The first kappa shape index (κ1) is 22.4. The molecule has 0 unspecified atom stereocenters. The zero-order valence-corrected chi connectivity index (χ0v) is 17.7. The average molecular weight is 474 g/mol. The highest BCUT2D eigenvalue weighted by atomic mass is 35.5. The van der Waals surface area contributed by atoms with Gasteiger partial charge in [0.15, 0.2) is 11.6 Å². The van der Waals surface area contributed by atoms with E-state index in [2.05, 4.69) is 19.9 Å². The second-order valence-electron chi connectivity index (χ2n) is 8.06. The van der Waals surface area contributed by atoms with E-state index >= 15 is 0 Å². The summed E-state index contributed by atoms with van der Waals surface area (Å²) in [5.74, 6) is -1.23. The predicted octanol–water partition coefficient (Wildman–Crippen LogP) is 5.48. The van der Waals surface area contributed by atoms with Gasteiger partial charge in [-0.25, -0.2) is 19.3 Å². The maximum absolute atomic E-state index is 14.7. The molecule has 0 saturated heterocycles. The first-order valence-electron chi connectivity index (χ1n) is 10.2. The van der Waals surface area contributed by atoms with Crippen LogP contribution in [0, 0.1) is 11.2 Å². The fourth-order valence-electron chi connectivity index (χ4n) is 4.22. The normalized spacial score (nSPS) is 16.3. The van der Waals surface area contributed by atoms with E-state index in [0.29, 0.717) is 47.3 Å². The third kappa shape index (κ3) is 4.69. The SMILES string of the molecule is O=C(NCC(F)(F)F)C1(Cc2nc(-c3c[nH]c4ncc(Cl)cc34)ncc2F)CCCCC1.[HH].[HH]. The summed E-state index contributed by atoms with van der Waals surface area (Å²) in [6.45, 7) is -1.42. The Hall–Kier alpha value is -2.75. The molecule has 1 aliphatic rings. The van der Waals surface area contributed by atoms with Crippen LogP contribution >= 0.6 is 11.6 Å². The van der Waals surface area contributed by atoms with Gasteiger partial charge in [0.25, 0.3) is 0 Å². The quantitative estimate of drug-likeness (QED) is 0.481. The Morgan fingerprint density at radius 2 is 1.97 bits per heavy atom. The molecule has 4 rings (SSSR count). The largest absolute Gasteiger partial charge is 0.405 e. The van der Waals surface area contributed by atoms with E-state index in [0.717, 1.165) is 12.6 Å². The average Bonchev–Trinajstić information content (AvgIpc) is 3.17. The Bertz CT molecular complexity index is 1150. The summed E-state index contributed by atoms with van der Waals surface area (Å²) in [6.07, 6.45) is 2.42. The van der Waals surface area contributed by atoms with Crippen LogP contribution in [0.5, 0.6) is 0 Å². The van der Waals surface area contributed by atoms with Crippen LogP contribution in [0.1, 0.15) is 40.7 Å². The van der Waals surface area contributed by atoms with Gasteiger partial charge < -0.3 is 10.3 Å².